The Morgan fingerprint density at radius 3 is 2.57 bits per heavy atom. The number of hydrogen-bond acceptors (Lipinski definition) is 1. The molecule has 2 aliphatic rings. The van der Waals surface area contributed by atoms with Gasteiger partial charge < -0.3 is 4.74 Å². The Morgan fingerprint density at radius 2 is 1.76 bits per heavy atom. The molecule has 0 saturated carbocycles. The van der Waals surface area contributed by atoms with Crippen molar-refractivity contribution in [2.24, 2.45) is 0 Å². The normalized spacial score (nSPS) is 22.3. The summed E-state index contributed by atoms with van der Waals surface area (Å²) in [5.41, 5.74) is 3.55. The fraction of sp³-hybridized carbons (Fsp3) is 0.111. The van der Waals surface area contributed by atoms with Crippen molar-refractivity contribution in [3.8, 4) is 16.9 Å². The Kier molecular flexibility index (Phi) is 3.16. The fourth-order valence-corrected chi connectivity index (χ4v) is 3.51. The maximum Gasteiger partial charge on any atom is 0.129 e. The van der Waals surface area contributed by atoms with Crippen molar-refractivity contribution in [3.05, 3.63) is 75.8 Å². The topological polar surface area (TPSA) is 9.23 Å². The third-order valence-electron chi connectivity index (χ3n) is 3.97. The highest BCUT2D eigenvalue weighted by atomic mass is 79.9. The number of hydrogen-bond donors (Lipinski definition) is 0. The second-order valence-electron chi connectivity index (χ2n) is 5.26. The molecule has 1 heterocycles. The first kappa shape index (κ1) is 13.2. The SMILES string of the molecule is ClC1=CC=CC2Oc3ccc(-c4ccc(Br)cc4)cc3C12. The molecular weight excluding hydrogens is 348 g/mol. The number of rotatable bonds is 1. The van der Waals surface area contributed by atoms with E-state index in [1.807, 2.05) is 18.2 Å². The average Bonchev–Trinajstić information content (AvgIpc) is 2.87. The van der Waals surface area contributed by atoms with E-state index < -0.39 is 0 Å². The predicted molar refractivity (Wildman–Crippen MR) is 89.8 cm³/mol. The van der Waals surface area contributed by atoms with E-state index in [2.05, 4.69) is 58.4 Å². The van der Waals surface area contributed by atoms with E-state index in [9.17, 15) is 0 Å². The molecule has 104 valence electrons. The van der Waals surface area contributed by atoms with Crippen LogP contribution in [0, 0.1) is 0 Å². The Hall–Kier alpha value is -1.51. The molecule has 2 atom stereocenters. The van der Waals surface area contributed by atoms with Gasteiger partial charge in [0.1, 0.15) is 11.9 Å². The predicted octanol–water partition coefficient (Wildman–Crippen LogP) is 5.65. The fourth-order valence-electron chi connectivity index (χ4n) is 2.93. The minimum absolute atomic E-state index is 0.0256. The average molecular weight is 360 g/mol. The molecule has 0 spiro atoms. The molecule has 1 aliphatic heterocycles. The molecular formula is C18H12BrClO. The maximum absolute atomic E-state index is 6.39. The van der Waals surface area contributed by atoms with Crippen LogP contribution in [0.3, 0.4) is 0 Å². The lowest BCUT2D eigenvalue weighted by atomic mass is 9.90. The van der Waals surface area contributed by atoms with Gasteiger partial charge in [0.2, 0.25) is 0 Å². The lowest BCUT2D eigenvalue weighted by Gasteiger charge is -2.18. The van der Waals surface area contributed by atoms with Crippen LogP contribution < -0.4 is 4.74 Å². The summed E-state index contributed by atoms with van der Waals surface area (Å²) in [6, 6.07) is 14.7. The van der Waals surface area contributed by atoms with E-state index in [0.717, 1.165) is 15.3 Å². The van der Waals surface area contributed by atoms with Gasteiger partial charge in [-0.2, -0.15) is 0 Å². The third-order valence-corrected chi connectivity index (χ3v) is 4.86. The third kappa shape index (κ3) is 2.23. The minimum Gasteiger partial charge on any atom is -0.485 e. The Balaban J connectivity index is 1.79. The van der Waals surface area contributed by atoms with Gasteiger partial charge in [-0.15, -0.1) is 0 Å². The van der Waals surface area contributed by atoms with Crippen LogP contribution in [-0.4, -0.2) is 6.10 Å². The summed E-state index contributed by atoms with van der Waals surface area (Å²) < 4.78 is 7.05. The number of allylic oxidation sites excluding steroid dienone is 2. The van der Waals surface area contributed by atoms with E-state index >= 15 is 0 Å². The van der Waals surface area contributed by atoms with Gasteiger partial charge in [0.15, 0.2) is 0 Å². The van der Waals surface area contributed by atoms with Crippen LogP contribution in [-0.2, 0) is 0 Å². The smallest absolute Gasteiger partial charge is 0.129 e. The van der Waals surface area contributed by atoms with Crippen LogP contribution in [0.5, 0.6) is 5.75 Å². The molecule has 2 unspecified atom stereocenters. The first-order valence-electron chi connectivity index (χ1n) is 6.83. The molecule has 0 bridgehead atoms. The highest BCUT2D eigenvalue weighted by Crippen LogP contribution is 2.47. The second-order valence-corrected chi connectivity index (χ2v) is 6.61. The summed E-state index contributed by atoms with van der Waals surface area (Å²) in [6.07, 6.45) is 6.01. The van der Waals surface area contributed by atoms with E-state index in [0.29, 0.717) is 0 Å². The quantitative estimate of drug-likeness (QED) is 0.639. The van der Waals surface area contributed by atoms with Crippen molar-refractivity contribution >= 4 is 27.5 Å². The van der Waals surface area contributed by atoms with Crippen LogP contribution >= 0.6 is 27.5 Å². The van der Waals surface area contributed by atoms with Crippen LogP contribution in [0.4, 0.5) is 0 Å². The molecule has 3 heteroatoms. The standard InChI is InChI=1S/C18H12BrClO/c19-13-7-4-11(5-8-13)12-6-9-16-14(10-12)18-15(20)2-1-3-17(18)21-16/h1-10,17-18H. The molecule has 0 amide bonds. The van der Waals surface area contributed by atoms with Crippen LogP contribution in [0.1, 0.15) is 11.5 Å². The maximum atomic E-state index is 6.39. The van der Waals surface area contributed by atoms with E-state index in [4.69, 9.17) is 16.3 Å². The van der Waals surface area contributed by atoms with Crippen LogP contribution in [0.25, 0.3) is 11.1 Å². The van der Waals surface area contributed by atoms with Gasteiger partial charge in [0, 0.05) is 15.1 Å². The van der Waals surface area contributed by atoms with E-state index in [1.165, 1.54) is 16.7 Å². The van der Waals surface area contributed by atoms with Gasteiger partial charge in [0.25, 0.3) is 0 Å². The zero-order chi connectivity index (χ0) is 14.4. The zero-order valence-corrected chi connectivity index (χ0v) is 13.4. The van der Waals surface area contributed by atoms with Gasteiger partial charge >= 0.3 is 0 Å². The lowest BCUT2D eigenvalue weighted by molar-refractivity contribution is 0.267. The van der Waals surface area contributed by atoms with Crippen LogP contribution in [0.15, 0.2) is 70.2 Å². The van der Waals surface area contributed by atoms with Gasteiger partial charge in [-0.3, -0.25) is 0 Å². The van der Waals surface area contributed by atoms with Crippen molar-refractivity contribution in [3.63, 3.8) is 0 Å². The summed E-state index contributed by atoms with van der Waals surface area (Å²) in [6.45, 7) is 0. The molecule has 0 N–H and O–H groups in total. The second kappa shape index (κ2) is 5.04. The number of benzene rings is 2. The first-order chi connectivity index (χ1) is 10.2. The van der Waals surface area contributed by atoms with Crippen molar-refractivity contribution in [2.75, 3.05) is 0 Å². The van der Waals surface area contributed by atoms with Gasteiger partial charge in [-0.25, -0.2) is 0 Å². The number of ether oxygens (including phenoxy) is 1. The first-order valence-corrected chi connectivity index (χ1v) is 8.00. The summed E-state index contributed by atoms with van der Waals surface area (Å²) in [5, 5.41) is 0.842. The molecule has 0 saturated heterocycles. The molecule has 0 aromatic heterocycles. The highest BCUT2D eigenvalue weighted by Gasteiger charge is 2.36. The summed E-state index contributed by atoms with van der Waals surface area (Å²) in [5.74, 6) is 1.06. The minimum atomic E-state index is 0.0256. The molecule has 0 radical (unpaired) electrons. The Labute approximate surface area is 137 Å². The molecule has 4 rings (SSSR count). The van der Waals surface area contributed by atoms with E-state index in [1.54, 1.807) is 0 Å². The van der Waals surface area contributed by atoms with Gasteiger partial charge in [-0.1, -0.05) is 51.8 Å². The van der Waals surface area contributed by atoms with Crippen molar-refractivity contribution in [1.29, 1.82) is 0 Å². The molecule has 0 fully saturated rings. The summed E-state index contributed by atoms with van der Waals surface area (Å²) in [4.78, 5) is 0. The van der Waals surface area contributed by atoms with E-state index in [-0.39, 0.29) is 12.0 Å². The Bertz CT molecular complexity index is 761. The monoisotopic (exact) mass is 358 g/mol. The number of fused-ring (bicyclic) bond motifs is 3. The zero-order valence-electron chi connectivity index (χ0n) is 11.1. The van der Waals surface area contributed by atoms with Crippen LogP contribution in [0.2, 0.25) is 0 Å². The molecule has 1 aliphatic carbocycles. The number of halogens is 2. The molecule has 2 aromatic rings. The van der Waals surface area contributed by atoms with Gasteiger partial charge in [0.05, 0.1) is 5.92 Å². The molecule has 21 heavy (non-hydrogen) atoms. The Morgan fingerprint density at radius 1 is 1.00 bits per heavy atom. The summed E-state index contributed by atoms with van der Waals surface area (Å²) in [7, 11) is 0. The highest BCUT2D eigenvalue weighted by molar-refractivity contribution is 9.10. The summed E-state index contributed by atoms with van der Waals surface area (Å²) >= 11 is 9.86. The molecule has 2 aromatic carbocycles. The van der Waals surface area contributed by atoms with Crippen molar-refractivity contribution in [2.45, 2.75) is 12.0 Å². The molecule has 1 nitrogen and oxygen atoms in total. The van der Waals surface area contributed by atoms with Crippen molar-refractivity contribution in [1.82, 2.24) is 0 Å². The lowest BCUT2D eigenvalue weighted by Crippen LogP contribution is -2.17. The van der Waals surface area contributed by atoms with Crippen molar-refractivity contribution < 1.29 is 4.74 Å². The largest absolute Gasteiger partial charge is 0.485 e. The van der Waals surface area contributed by atoms with Gasteiger partial charge in [-0.05, 0) is 47.5 Å².